The van der Waals surface area contributed by atoms with Crippen molar-refractivity contribution in [2.24, 2.45) is 0 Å². The number of nitrogens with zero attached hydrogens (tertiary/aromatic N) is 3. The number of rotatable bonds is 5. The molecule has 3 amide bonds. The highest BCUT2D eigenvalue weighted by molar-refractivity contribution is 6.30. The Kier molecular flexibility index (Phi) is 7.14. The van der Waals surface area contributed by atoms with Crippen molar-refractivity contribution in [3.05, 3.63) is 88.4 Å². The molecular formula is C30H27ClN6O6. The van der Waals surface area contributed by atoms with Gasteiger partial charge in [-0.25, -0.2) is 9.59 Å². The number of amides is 3. The summed E-state index contributed by atoms with van der Waals surface area (Å²) in [4.78, 5) is 53.8. The van der Waals surface area contributed by atoms with E-state index in [-0.39, 0.29) is 35.8 Å². The van der Waals surface area contributed by atoms with Crippen molar-refractivity contribution in [3.8, 4) is 0 Å². The maximum atomic E-state index is 14.0. The summed E-state index contributed by atoms with van der Waals surface area (Å²) in [6.45, 7) is 0.389. The number of nitrogen functional groups attached to an aromatic ring is 1. The van der Waals surface area contributed by atoms with Crippen LogP contribution in [0, 0.1) is 0 Å². The first-order valence-electron chi connectivity index (χ1n) is 13.5. The Bertz CT molecular complexity index is 1780. The minimum absolute atomic E-state index is 0.0945. The van der Waals surface area contributed by atoms with E-state index in [1.54, 1.807) is 35.2 Å². The molecule has 1 saturated heterocycles. The number of hydrogen-bond acceptors (Lipinski definition) is 8. The maximum absolute atomic E-state index is 14.0. The molecule has 3 heterocycles. The highest BCUT2D eigenvalue weighted by Gasteiger charge is 2.49. The number of nitrogens with two attached hydrogens (primary N) is 1. The molecule has 2 atom stereocenters. The van der Waals surface area contributed by atoms with Crippen LogP contribution in [0.25, 0.3) is 10.9 Å². The molecule has 1 spiro atoms. The van der Waals surface area contributed by atoms with Crippen molar-refractivity contribution in [1.82, 2.24) is 20.0 Å². The molecule has 2 aliphatic rings. The molecule has 0 saturated carbocycles. The number of hydrogen-bond donors (Lipinski definition) is 3. The van der Waals surface area contributed by atoms with Crippen LogP contribution in [0.5, 0.6) is 0 Å². The van der Waals surface area contributed by atoms with Gasteiger partial charge in [-0.1, -0.05) is 41.9 Å². The van der Waals surface area contributed by atoms with Gasteiger partial charge in [-0.15, -0.1) is 5.10 Å². The number of likely N-dealkylation sites (tertiary alicyclic amines) is 1. The van der Waals surface area contributed by atoms with Crippen molar-refractivity contribution in [1.29, 1.82) is 0 Å². The normalized spacial score (nSPS) is 18.1. The lowest BCUT2D eigenvalue weighted by Gasteiger charge is -2.35. The van der Waals surface area contributed by atoms with Gasteiger partial charge in [0.2, 0.25) is 5.91 Å². The smallest absolute Gasteiger partial charge is 0.435 e. The SMILES string of the molecule is COC(=O)n1nc(N)c2ccc(C(=O)NC(Cc3ccccc3)C(=O)N3CCC4(C3)OC(=O)Nc3ccc(Cl)cc34)cc21. The largest absolute Gasteiger partial charge is 0.451 e. The lowest BCUT2D eigenvalue weighted by molar-refractivity contribution is -0.133. The average molecular weight is 603 g/mol. The van der Waals surface area contributed by atoms with Gasteiger partial charge in [0, 0.05) is 40.9 Å². The Morgan fingerprint density at radius 3 is 2.72 bits per heavy atom. The topological polar surface area (TPSA) is 158 Å². The number of anilines is 2. The van der Waals surface area contributed by atoms with Gasteiger partial charge in [-0.05, 0) is 42.0 Å². The molecule has 2 unspecified atom stereocenters. The Balaban J connectivity index is 1.29. The number of carbonyl (C=O) groups excluding carboxylic acids is 4. The van der Waals surface area contributed by atoms with Crippen molar-refractivity contribution < 1.29 is 28.7 Å². The quantitative estimate of drug-likeness (QED) is 0.310. The molecule has 12 nitrogen and oxygen atoms in total. The highest BCUT2D eigenvalue weighted by Crippen LogP contribution is 2.44. The third kappa shape index (κ3) is 5.21. The van der Waals surface area contributed by atoms with Crippen molar-refractivity contribution in [2.75, 3.05) is 31.2 Å². The number of aromatic nitrogens is 2. The molecule has 6 rings (SSSR count). The van der Waals surface area contributed by atoms with Gasteiger partial charge in [-0.3, -0.25) is 14.9 Å². The molecule has 13 heteroatoms. The van der Waals surface area contributed by atoms with E-state index in [1.807, 2.05) is 30.3 Å². The van der Waals surface area contributed by atoms with Gasteiger partial charge in [0.15, 0.2) is 11.4 Å². The van der Waals surface area contributed by atoms with Crippen LogP contribution in [0.2, 0.25) is 5.02 Å². The summed E-state index contributed by atoms with van der Waals surface area (Å²) < 4.78 is 11.5. The van der Waals surface area contributed by atoms with Gasteiger partial charge in [-0.2, -0.15) is 4.68 Å². The van der Waals surface area contributed by atoms with E-state index in [1.165, 1.54) is 13.2 Å². The molecule has 1 aromatic heterocycles. The van der Waals surface area contributed by atoms with Gasteiger partial charge >= 0.3 is 12.2 Å². The van der Waals surface area contributed by atoms with Gasteiger partial charge in [0.1, 0.15) is 6.04 Å². The van der Waals surface area contributed by atoms with Crippen molar-refractivity contribution >= 4 is 58.0 Å². The summed E-state index contributed by atoms with van der Waals surface area (Å²) in [6, 6.07) is 18.1. The van der Waals surface area contributed by atoms with Crippen LogP contribution in [-0.2, 0) is 26.3 Å². The van der Waals surface area contributed by atoms with E-state index < -0.39 is 29.7 Å². The monoisotopic (exact) mass is 602 g/mol. The Hall–Kier alpha value is -5.10. The first kappa shape index (κ1) is 28.0. The van der Waals surface area contributed by atoms with E-state index in [2.05, 4.69) is 15.7 Å². The predicted octanol–water partition coefficient (Wildman–Crippen LogP) is 3.92. The number of carbonyl (C=O) groups is 4. The zero-order valence-electron chi connectivity index (χ0n) is 23.0. The fourth-order valence-corrected chi connectivity index (χ4v) is 5.83. The summed E-state index contributed by atoms with van der Waals surface area (Å²) in [5.41, 5.74) is 7.45. The van der Waals surface area contributed by atoms with Crippen LogP contribution in [0.4, 0.5) is 21.1 Å². The third-order valence-corrected chi connectivity index (χ3v) is 7.98. The molecule has 220 valence electrons. The van der Waals surface area contributed by atoms with Crippen LogP contribution >= 0.6 is 11.6 Å². The number of halogens is 1. The predicted molar refractivity (Wildman–Crippen MR) is 158 cm³/mol. The first-order valence-corrected chi connectivity index (χ1v) is 13.9. The van der Waals surface area contributed by atoms with E-state index in [0.717, 1.165) is 10.2 Å². The number of fused-ring (bicyclic) bond motifs is 3. The maximum Gasteiger partial charge on any atom is 0.435 e. The Morgan fingerprint density at radius 1 is 1.16 bits per heavy atom. The number of benzene rings is 3. The third-order valence-electron chi connectivity index (χ3n) is 7.75. The number of methoxy groups -OCH3 is 1. The summed E-state index contributed by atoms with van der Waals surface area (Å²) >= 11 is 6.27. The molecule has 43 heavy (non-hydrogen) atoms. The highest BCUT2D eigenvalue weighted by atomic mass is 35.5. The van der Waals surface area contributed by atoms with Crippen molar-refractivity contribution in [2.45, 2.75) is 24.5 Å². The number of ether oxygens (including phenoxy) is 2. The lowest BCUT2D eigenvalue weighted by atomic mass is 9.90. The second-order valence-electron chi connectivity index (χ2n) is 10.4. The minimum atomic E-state index is -1.07. The zero-order chi connectivity index (χ0) is 30.3. The van der Waals surface area contributed by atoms with Gasteiger partial charge in [0.05, 0.1) is 24.9 Å². The Morgan fingerprint density at radius 2 is 1.95 bits per heavy atom. The molecule has 3 aromatic carbocycles. The Labute approximate surface area is 250 Å². The summed E-state index contributed by atoms with van der Waals surface area (Å²) in [7, 11) is 1.21. The second kappa shape index (κ2) is 11.0. The van der Waals surface area contributed by atoms with E-state index in [9.17, 15) is 19.2 Å². The molecule has 0 aliphatic carbocycles. The van der Waals surface area contributed by atoms with E-state index >= 15 is 0 Å². The standard InChI is InChI=1S/C30H27ClN6O6/c1-42-29(41)37-24-14-18(7-9-20(24)25(32)35-37)26(38)33-23(13-17-5-3-2-4-6-17)27(39)36-12-11-30(16-36)21-15-19(31)8-10-22(21)34-28(40)43-30/h2-10,14-15,23H,11-13,16H2,1H3,(H2,32,35)(H,33,38)(H,34,40). The molecule has 4 N–H and O–H groups in total. The fraction of sp³-hybridized carbons (Fsp3) is 0.233. The second-order valence-corrected chi connectivity index (χ2v) is 10.9. The zero-order valence-corrected chi connectivity index (χ0v) is 23.8. The van der Waals surface area contributed by atoms with Crippen LogP contribution in [-0.4, -0.2) is 64.9 Å². The van der Waals surface area contributed by atoms with E-state index in [0.29, 0.717) is 34.6 Å². The van der Waals surface area contributed by atoms with Crippen LogP contribution in [0.3, 0.4) is 0 Å². The van der Waals surface area contributed by atoms with Gasteiger partial charge in [0.25, 0.3) is 5.91 Å². The molecule has 0 radical (unpaired) electrons. The average Bonchev–Trinajstić information content (AvgIpc) is 3.58. The fourth-order valence-electron chi connectivity index (χ4n) is 5.66. The van der Waals surface area contributed by atoms with Gasteiger partial charge < -0.3 is 25.4 Å². The van der Waals surface area contributed by atoms with E-state index in [4.69, 9.17) is 26.8 Å². The molecule has 1 fully saturated rings. The van der Waals surface area contributed by atoms with Crippen LogP contribution < -0.4 is 16.4 Å². The number of nitrogens with one attached hydrogen (secondary N) is 2. The molecule has 2 aliphatic heterocycles. The summed E-state index contributed by atoms with van der Waals surface area (Å²) in [5.74, 6) is -0.766. The lowest BCUT2D eigenvalue weighted by Crippen LogP contribution is -2.50. The molecule has 4 aromatic rings. The molecular weight excluding hydrogens is 576 g/mol. The minimum Gasteiger partial charge on any atom is -0.451 e. The summed E-state index contributed by atoms with van der Waals surface area (Å²) in [6.07, 6.45) is -0.795. The summed E-state index contributed by atoms with van der Waals surface area (Å²) in [5, 5.41) is 10.5. The molecule has 0 bridgehead atoms. The van der Waals surface area contributed by atoms with Crippen LogP contribution in [0.1, 0.15) is 27.9 Å². The van der Waals surface area contributed by atoms with Crippen LogP contribution in [0.15, 0.2) is 66.7 Å². The first-order chi connectivity index (χ1) is 20.7. The van der Waals surface area contributed by atoms with Crippen molar-refractivity contribution in [3.63, 3.8) is 0 Å².